The van der Waals surface area contributed by atoms with E-state index in [0.717, 1.165) is 25.7 Å². The van der Waals surface area contributed by atoms with Crippen molar-refractivity contribution in [2.45, 2.75) is 84.8 Å². The molecule has 0 heterocycles. The second-order valence-electron chi connectivity index (χ2n) is 8.88. The van der Waals surface area contributed by atoms with Crippen LogP contribution in [0.5, 0.6) is 0 Å². The summed E-state index contributed by atoms with van der Waals surface area (Å²) in [6.07, 6.45) is 6.47. The van der Waals surface area contributed by atoms with Crippen LogP contribution in [0.3, 0.4) is 0 Å². The zero-order valence-corrected chi connectivity index (χ0v) is 18.3. The van der Waals surface area contributed by atoms with Gasteiger partial charge in [0.2, 0.25) is 11.8 Å². The van der Waals surface area contributed by atoms with Crippen LogP contribution in [-0.4, -0.2) is 35.1 Å². The van der Waals surface area contributed by atoms with Crippen molar-refractivity contribution in [3.8, 4) is 0 Å². The third-order valence-corrected chi connectivity index (χ3v) is 5.31. The number of carbonyl (C=O) groups is 3. The minimum Gasteiger partial charge on any atom is -0.461 e. The molecule has 7 heteroatoms. The lowest BCUT2D eigenvalue weighted by Gasteiger charge is -2.28. The van der Waals surface area contributed by atoms with E-state index in [0.29, 0.717) is 12.8 Å². The number of nitrogens with one attached hydrogen (secondary N) is 2. The molecule has 0 spiro atoms. The van der Waals surface area contributed by atoms with Gasteiger partial charge in [0, 0.05) is 0 Å². The van der Waals surface area contributed by atoms with Crippen molar-refractivity contribution >= 4 is 17.8 Å². The molecule has 3 atom stereocenters. The maximum Gasteiger partial charge on any atom is 0.328 e. The predicted octanol–water partition coefficient (Wildman–Crippen LogP) is 3.36. The van der Waals surface area contributed by atoms with E-state index >= 15 is 0 Å². The maximum absolute atomic E-state index is 13.1. The zero-order valence-electron chi connectivity index (χ0n) is 18.3. The van der Waals surface area contributed by atoms with Crippen molar-refractivity contribution in [1.29, 1.82) is 0 Å². The van der Waals surface area contributed by atoms with Gasteiger partial charge >= 0.3 is 5.97 Å². The molecule has 1 aliphatic rings. The highest BCUT2D eigenvalue weighted by atomic mass is 16.5. The van der Waals surface area contributed by atoms with Gasteiger partial charge in [-0.2, -0.15) is 0 Å². The van der Waals surface area contributed by atoms with Crippen molar-refractivity contribution in [3.63, 3.8) is 0 Å². The van der Waals surface area contributed by atoms with Gasteiger partial charge in [0.25, 0.3) is 0 Å². The molecule has 3 N–H and O–H groups in total. The number of rotatable bonds is 12. The first-order chi connectivity index (χ1) is 13.7. The fraction of sp³-hybridized carbons (Fsp3) is 0.773. The quantitative estimate of drug-likeness (QED) is 0.198. The predicted molar refractivity (Wildman–Crippen MR) is 111 cm³/mol. The summed E-state index contributed by atoms with van der Waals surface area (Å²) in [5.74, 6) is -2.51. The van der Waals surface area contributed by atoms with Crippen LogP contribution in [-0.2, 0) is 19.1 Å². The molecule has 0 bridgehead atoms. The van der Waals surface area contributed by atoms with Gasteiger partial charge in [-0.15, -0.1) is 6.58 Å². The van der Waals surface area contributed by atoms with Crippen molar-refractivity contribution in [1.82, 2.24) is 10.8 Å². The molecular weight excluding hydrogens is 372 g/mol. The van der Waals surface area contributed by atoms with E-state index in [1.54, 1.807) is 11.6 Å². The van der Waals surface area contributed by atoms with Crippen molar-refractivity contribution < 1.29 is 24.3 Å². The van der Waals surface area contributed by atoms with E-state index in [-0.39, 0.29) is 30.3 Å². The number of carbonyl (C=O) groups excluding carboxylic acids is 3. The maximum atomic E-state index is 13.1. The summed E-state index contributed by atoms with van der Waals surface area (Å²) in [6, 6.07) is -0.751. The number of hydrogen-bond acceptors (Lipinski definition) is 5. The molecule has 1 aliphatic carbocycles. The average molecular weight is 411 g/mol. The number of hydrogen-bond donors (Lipinski definition) is 3. The Labute approximate surface area is 174 Å². The van der Waals surface area contributed by atoms with Gasteiger partial charge in [-0.05, 0) is 56.8 Å². The molecule has 0 aromatic heterocycles. The summed E-state index contributed by atoms with van der Waals surface area (Å²) < 4.78 is 5.62. The number of hydroxylamine groups is 1. The molecule has 0 radical (unpaired) electrons. The monoisotopic (exact) mass is 410 g/mol. The van der Waals surface area contributed by atoms with Gasteiger partial charge in [-0.3, -0.25) is 14.8 Å². The minimum absolute atomic E-state index is 0.0748. The summed E-state index contributed by atoms with van der Waals surface area (Å²) >= 11 is 0. The number of amides is 2. The fourth-order valence-electron chi connectivity index (χ4n) is 3.90. The van der Waals surface area contributed by atoms with Gasteiger partial charge in [0.15, 0.2) is 0 Å². The van der Waals surface area contributed by atoms with Crippen molar-refractivity contribution in [2.75, 3.05) is 0 Å². The highest BCUT2D eigenvalue weighted by Gasteiger charge is 2.36. The Balaban J connectivity index is 2.97. The standard InChI is InChI=1S/C22H38N2O5/c1-6-9-17(21(26)24-28)18(12-14(2)3)20(25)23-19(13-15(4)5)22(27)29-16-10-7-8-11-16/h6,14-19,28H,1,7-13H2,2-5H3,(H,23,25)(H,24,26)/t17-,18+,19?/m0/s1. The molecule has 7 nitrogen and oxygen atoms in total. The van der Waals surface area contributed by atoms with Crippen LogP contribution < -0.4 is 10.8 Å². The second-order valence-corrected chi connectivity index (χ2v) is 8.88. The Morgan fingerprint density at radius 2 is 1.62 bits per heavy atom. The molecular formula is C22H38N2O5. The van der Waals surface area contributed by atoms with Gasteiger partial charge in [0.1, 0.15) is 12.1 Å². The fourth-order valence-corrected chi connectivity index (χ4v) is 3.90. The summed E-state index contributed by atoms with van der Waals surface area (Å²) in [5.41, 5.74) is 1.66. The summed E-state index contributed by atoms with van der Waals surface area (Å²) in [7, 11) is 0. The first kappa shape index (κ1) is 25.1. The number of allylic oxidation sites excluding steroid dienone is 1. The minimum atomic E-state index is -0.759. The molecule has 166 valence electrons. The highest BCUT2D eigenvalue weighted by Crippen LogP contribution is 2.26. The Kier molecular flexibility index (Phi) is 10.9. The van der Waals surface area contributed by atoms with E-state index in [1.807, 2.05) is 27.7 Å². The van der Waals surface area contributed by atoms with Gasteiger partial charge < -0.3 is 10.1 Å². The number of esters is 1. The van der Waals surface area contributed by atoms with Crippen LogP contribution in [0, 0.1) is 23.7 Å². The topological polar surface area (TPSA) is 105 Å². The van der Waals surface area contributed by atoms with Crippen LogP contribution >= 0.6 is 0 Å². The second kappa shape index (κ2) is 12.6. The summed E-state index contributed by atoms with van der Waals surface area (Å²) in [4.78, 5) is 38.0. The molecule has 2 amide bonds. The molecule has 1 unspecified atom stereocenters. The van der Waals surface area contributed by atoms with Gasteiger partial charge in [-0.1, -0.05) is 33.8 Å². The van der Waals surface area contributed by atoms with Crippen molar-refractivity contribution in [3.05, 3.63) is 12.7 Å². The van der Waals surface area contributed by atoms with E-state index in [1.165, 1.54) is 0 Å². The molecule has 0 aromatic carbocycles. The Morgan fingerprint density at radius 1 is 1.03 bits per heavy atom. The normalized spacial score (nSPS) is 17.6. The van der Waals surface area contributed by atoms with Crippen LogP contribution in [0.4, 0.5) is 0 Å². The molecule has 0 aliphatic heterocycles. The lowest BCUT2D eigenvalue weighted by Crippen LogP contribution is -2.49. The largest absolute Gasteiger partial charge is 0.461 e. The SMILES string of the molecule is C=CC[C@H](C(=O)NO)[C@@H](CC(C)C)C(=O)NC(CC(C)C)C(=O)OC1CCCC1. The lowest BCUT2D eigenvalue weighted by molar-refractivity contribution is -0.154. The molecule has 1 saturated carbocycles. The smallest absolute Gasteiger partial charge is 0.328 e. The molecule has 0 saturated heterocycles. The Bertz CT molecular complexity index is 555. The Morgan fingerprint density at radius 3 is 2.10 bits per heavy atom. The van der Waals surface area contributed by atoms with Crippen LogP contribution in [0.1, 0.15) is 72.6 Å². The third-order valence-electron chi connectivity index (χ3n) is 5.31. The molecule has 1 fully saturated rings. The average Bonchev–Trinajstić information content (AvgIpc) is 3.15. The highest BCUT2D eigenvalue weighted by molar-refractivity contribution is 5.90. The van der Waals surface area contributed by atoms with Gasteiger partial charge in [0.05, 0.1) is 11.8 Å². The zero-order chi connectivity index (χ0) is 22.0. The van der Waals surface area contributed by atoms with E-state index in [9.17, 15) is 14.4 Å². The summed E-state index contributed by atoms with van der Waals surface area (Å²) in [5, 5.41) is 11.9. The van der Waals surface area contributed by atoms with Crippen LogP contribution in [0.2, 0.25) is 0 Å². The van der Waals surface area contributed by atoms with Gasteiger partial charge in [-0.25, -0.2) is 10.3 Å². The first-order valence-electron chi connectivity index (χ1n) is 10.7. The van der Waals surface area contributed by atoms with E-state index in [4.69, 9.17) is 9.94 Å². The molecule has 29 heavy (non-hydrogen) atoms. The van der Waals surface area contributed by atoms with E-state index < -0.39 is 29.8 Å². The van der Waals surface area contributed by atoms with E-state index in [2.05, 4.69) is 11.9 Å². The van der Waals surface area contributed by atoms with Crippen LogP contribution in [0.25, 0.3) is 0 Å². The van der Waals surface area contributed by atoms with Crippen LogP contribution in [0.15, 0.2) is 12.7 Å². The first-order valence-corrected chi connectivity index (χ1v) is 10.7. The third kappa shape index (κ3) is 8.56. The lowest BCUT2D eigenvalue weighted by atomic mass is 9.82. The Hall–Kier alpha value is -1.89. The number of ether oxygens (including phenoxy) is 1. The molecule has 1 rings (SSSR count). The van der Waals surface area contributed by atoms with Crippen molar-refractivity contribution in [2.24, 2.45) is 23.7 Å². The summed E-state index contributed by atoms with van der Waals surface area (Å²) in [6.45, 7) is 11.5. The molecule has 0 aromatic rings.